The molecule has 0 radical (unpaired) electrons. The van der Waals surface area contributed by atoms with Crippen molar-refractivity contribution in [1.82, 2.24) is 5.32 Å². The smallest absolute Gasteiger partial charge is 0.319 e. The van der Waals surface area contributed by atoms with E-state index in [-0.39, 0.29) is 42.3 Å². The molecular weight excluding hydrogens is 340 g/mol. The van der Waals surface area contributed by atoms with Crippen LogP contribution >= 0.6 is 12.4 Å². The molecular formula is C18H27ClN4O2. The molecule has 0 saturated heterocycles. The van der Waals surface area contributed by atoms with Crippen LogP contribution in [0.3, 0.4) is 0 Å². The lowest BCUT2D eigenvalue weighted by Crippen LogP contribution is -2.42. The number of carbonyl (C=O) groups is 2. The van der Waals surface area contributed by atoms with E-state index in [0.29, 0.717) is 17.5 Å². The average Bonchev–Trinajstić information content (AvgIpc) is 3.09. The first-order chi connectivity index (χ1) is 11.4. The van der Waals surface area contributed by atoms with Gasteiger partial charge in [-0.25, -0.2) is 4.79 Å². The van der Waals surface area contributed by atoms with Gasteiger partial charge >= 0.3 is 6.03 Å². The summed E-state index contributed by atoms with van der Waals surface area (Å²) in [5, 5.41) is 8.48. The number of hydrogen-bond acceptors (Lipinski definition) is 3. The van der Waals surface area contributed by atoms with Crippen molar-refractivity contribution < 1.29 is 9.59 Å². The normalized spacial score (nSPS) is 26.9. The van der Waals surface area contributed by atoms with Gasteiger partial charge in [0.2, 0.25) is 5.91 Å². The second-order valence-electron chi connectivity index (χ2n) is 7.26. The van der Waals surface area contributed by atoms with Crippen LogP contribution in [0.25, 0.3) is 0 Å². The van der Waals surface area contributed by atoms with Crippen molar-refractivity contribution in [2.45, 2.75) is 45.2 Å². The molecule has 1 aromatic rings. The third-order valence-electron chi connectivity index (χ3n) is 5.11. The van der Waals surface area contributed by atoms with Crippen LogP contribution in [0.5, 0.6) is 0 Å². The number of urea groups is 1. The SMILES string of the molecule is CC(C)NC(=O)Nc1ccc(NC(=O)C2C3CCC(C3)C2N)cc1.Cl. The van der Waals surface area contributed by atoms with Gasteiger partial charge in [0.05, 0.1) is 5.92 Å². The number of benzene rings is 1. The lowest BCUT2D eigenvalue weighted by Gasteiger charge is -2.27. The Kier molecular flexibility index (Phi) is 6.30. The molecule has 4 atom stereocenters. The second kappa shape index (κ2) is 8.06. The fourth-order valence-corrected chi connectivity index (χ4v) is 4.02. The Hall–Kier alpha value is -1.79. The summed E-state index contributed by atoms with van der Waals surface area (Å²) < 4.78 is 0. The van der Waals surface area contributed by atoms with Gasteiger partial charge in [0.15, 0.2) is 0 Å². The minimum Gasteiger partial charge on any atom is -0.336 e. The molecule has 2 saturated carbocycles. The van der Waals surface area contributed by atoms with Gasteiger partial charge in [-0.05, 0) is 69.2 Å². The van der Waals surface area contributed by atoms with Crippen LogP contribution in [0, 0.1) is 17.8 Å². The van der Waals surface area contributed by atoms with Crippen LogP contribution in [-0.2, 0) is 4.79 Å². The molecule has 5 N–H and O–H groups in total. The van der Waals surface area contributed by atoms with Crippen LogP contribution in [0.15, 0.2) is 24.3 Å². The summed E-state index contributed by atoms with van der Waals surface area (Å²) in [5.41, 5.74) is 7.63. The predicted molar refractivity (Wildman–Crippen MR) is 102 cm³/mol. The molecule has 2 fully saturated rings. The first-order valence-corrected chi connectivity index (χ1v) is 8.68. The number of halogens is 1. The highest BCUT2D eigenvalue weighted by Crippen LogP contribution is 2.47. The van der Waals surface area contributed by atoms with Gasteiger partial charge < -0.3 is 21.7 Å². The molecule has 0 aromatic heterocycles. The van der Waals surface area contributed by atoms with E-state index in [2.05, 4.69) is 16.0 Å². The number of nitrogens with one attached hydrogen (secondary N) is 3. The van der Waals surface area contributed by atoms with Crippen molar-refractivity contribution in [3.05, 3.63) is 24.3 Å². The van der Waals surface area contributed by atoms with Crippen molar-refractivity contribution in [2.24, 2.45) is 23.5 Å². The number of carbonyl (C=O) groups excluding carboxylic acids is 2. The Morgan fingerprint density at radius 1 is 1.04 bits per heavy atom. The highest BCUT2D eigenvalue weighted by atomic mass is 35.5. The Morgan fingerprint density at radius 2 is 1.60 bits per heavy atom. The first kappa shape index (κ1) is 19.5. The Morgan fingerprint density at radius 3 is 2.12 bits per heavy atom. The van der Waals surface area contributed by atoms with Crippen LogP contribution < -0.4 is 21.7 Å². The number of nitrogens with two attached hydrogens (primary N) is 1. The van der Waals surface area contributed by atoms with E-state index in [1.807, 2.05) is 13.8 Å². The molecule has 2 aliphatic carbocycles. The van der Waals surface area contributed by atoms with Crippen LogP contribution in [0.1, 0.15) is 33.1 Å². The fourth-order valence-electron chi connectivity index (χ4n) is 4.02. The lowest BCUT2D eigenvalue weighted by atomic mass is 9.84. The second-order valence-corrected chi connectivity index (χ2v) is 7.26. The van der Waals surface area contributed by atoms with Gasteiger partial charge in [-0.3, -0.25) is 4.79 Å². The minimum atomic E-state index is -0.241. The van der Waals surface area contributed by atoms with E-state index in [1.54, 1.807) is 24.3 Å². The largest absolute Gasteiger partial charge is 0.336 e. The molecule has 2 bridgehead atoms. The molecule has 3 amide bonds. The molecule has 0 heterocycles. The third kappa shape index (κ3) is 4.44. The summed E-state index contributed by atoms with van der Waals surface area (Å²) in [6.45, 7) is 3.80. The fraction of sp³-hybridized carbons (Fsp3) is 0.556. The summed E-state index contributed by atoms with van der Waals surface area (Å²) in [6.07, 6.45) is 3.37. The van der Waals surface area contributed by atoms with Crippen molar-refractivity contribution in [3.63, 3.8) is 0 Å². The van der Waals surface area contributed by atoms with Crippen LogP contribution in [-0.4, -0.2) is 24.0 Å². The lowest BCUT2D eigenvalue weighted by molar-refractivity contribution is -0.121. The van der Waals surface area contributed by atoms with Gasteiger partial charge in [0, 0.05) is 23.5 Å². The van der Waals surface area contributed by atoms with Gasteiger partial charge in [-0.1, -0.05) is 0 Å². The molecule has 7 heteroatoms. The van der Waals surface area contributed by atoms with E-state index >= 15 is 0 Å². The maximum Gasteiger partial charge on any atom is 0.319 e. The monoisotopic (exact) mass is 366 g/mol. The molecule has 25 heavy (non-hydrogen) atoms. The number of fused-ring (bicyclic) bond motifs is 2. The summed E-state index contributed by atoms with van der Waals surface area (Å²) >= 11 is 0. The van der Waals surface area contributed by atoms with Gasteiger partial charge in [0.25, 0.3) is 0 Å². The standard InChI is InChI=1S/C18H26N4O2.ClH/c1-10(2)20-18(24)22-14-7-5-13(6-8-14)21-17(23)15-11-3-4-12(9-11)16(15)19;/h5-8,10-12,15-16H,3-4,9,19H2,1-2H3,(H,21,23)(H2,20,22,24);1H. The third-order valence-corrected chi connectivity index (χ3v) is 5.11. The summed E-state index contributed by atoms with van der Waals surface area (Å²) in [4.78, 5) is 24.2. The van der Waals surface area contributed by atoms with E-state index < -0.39 is 0 Å². The van der Waals surface area contributed by atoms with Crippen LogP contribution in [0.2, 0.25) is 0 Å². The number of amides is 3. The Labute approximate surface area is 154 Å². The Bertz CT molecular complexity index is 618. The van der Waals surface area contributed by atoms with Crippen LogP contribution in [0.4, 0.5) is 16.2 Å². The molecule has 1 aromatic carbocycles. The van der Waals surface area contributed by atoms with E-state index in [1.165, 1.54) is 0 Å². The first-order valence-electron chi connectivity index (χ1n) is 8.68. The highest BCUT2D eigenvalue weighted by Gasteiger charge is 2.49. The van der Waals surface area contributed by atoms with Crippen molar-refractivity contribution in [1.29, 1.82) is 0 Å². The van der Waals surface area contributed by atoms with E-state index in [0.717, 1.165) is 24.9 Å². The van der Waals surface area contributed by atoms with Crippen molar-refractivity contribution in [2.75, 3.05) is 10.6 Å². The number of rotatable bonds is 4. The van der Waals surface area contributed by atoms with E-state index in [4.69, 9.17) is 5.73 Å². The summed E-state index contributed by atoms with van der Waals surface area (Å²) in [7, 11) is 0. The molecule has 138 valence electrons. The molecule has 0 spiro atoms. The topological polar surface area (TPSA) is 96.2 Å². The predicted octanol–water partition coefficient (Wildman–Crippen LogP) is 2.95. The number of hydrogen-bond donors (Lipinski definition) is 4. The zero-order valence-corrected chi connectivity index (χ0v) is 15.4. The van der Waals surface area contributed by atoms with Gasteiger partial charge in [-0.15, -0.1) is 12.4 Å². The zero-order chi connectivity index (χ0) is 17.3. The quantitative estimate of drug-likeness (QED) is 0.659. The number of anilines is 2. The zero-order valence-electron chi connectivity index (χ0n) is 14.6. The summed E-state index contributed by atoms with van der Waals surface area (Å²) in [6, 6.07) is 6.96. The van der Waals surface area contributed by atoms with Crippen molar-refractivity contribution >= 4 is 35.7 Å². The average molecular weight is 367 g/mol. The van der Waals surface area contributed by atoms with Crippen molar-refractivity contribution in [3.8, 4) is 0 Å². The maximum atomic E-state index is 12.5. The molecule has 0 aliphatic heterocycles. The maximum absolute atomic E-state index is 12.5. The minimum absolute atomic E-state index is 0. The molecule has 6 nitrogen and oxygen atoms in total. The Balaban J connectivity index is 0.00000225. The summed E-state index contributed by atoms with van der Waals surface area (Å²) in [5.74, 6) is 0.897. The van der Waals surface area contributed by atoms with Gasteiger partial charge in [-0.2, -0.15) is 0 Å². The van der Waals surface area contributed by atoms with Gasteiger partial charge in [0.1, 0.15) is 0 Å². The van der Waals surface area contributed by atoms with E-state index in [9.17, 15) is 9.59 Å². The molecule has 2 aliphatic rings. The highest BCUT2D eigenvalue weighted by molar-refractivity contribution is 5.94. The molecule has 4 unspecified atom stereocenters. The molecule has 3 rings (SSSR count).